The van der Waals surface area contributed by atoms with Crippen LogP contribution in [0.3, 0.4) is 0 Å². The molecule has 19 heavy (non-hydrogen) atoms. The molecule has 1 heterocycles. The van der Waals surface area contributed by atoms with Crippen molar-refractivity contribution in [3.8, 4) is 0 Å². The van der Waals surface area contributed by atoms with Crippen LogP contribution in [0.4, 0.5) is 0 Å². The van der Waals surface area contributed by atoms with Gasteiger partial charge in [-0.15, -0.1) is 0 Å². The second kappa shape index (κ2) is 5.95. The van der Waals surface area contributed by atoms with Gasteiger partial charge in [0, 0.05) is 6.04 Å². The molecule has 5 nitrogen and oxygen atoms in total. The lowest BCUT2D eigenvalue weighted by Crippen LogP contribution is -2.57. The van der Waals surface area contributed by atoms with Crippen molar-refractivity contribution in [1.82, 2.24) is 10.2 Å². The summed E-state index contributed by atoms with van der Waals surface area (Å²) >= 11 is 0. The highest BCUT2D eigenvalue weighted by molar-refractivity contribution is 6.00. The Balaban J connectivity index is 2.27. The van der Waals surface area contributed by atoms with Gasteiger partial charge in [-0.1, -0.05) is 30.3 Å². The van der Waals surface area contributed by atoms with Gasteiger partial charge in [0.1, 0.15) is 0 Å². The molecule has 0 saturated carbocycles. The molecule has 102 valence electrons. The van der Waals surface area contributed by atoms with E-state index >= 15 is 0 Å². The van der Waals surface area contributed by atoms with Crippen molar-refractivity contribution >= 4 is 11.8 Å². The number of hydrogen-bond donors (Lipinski definition) is 2. The number of imide groups is 1. The van der Waals surface area contributed by atoms with E-state index in [0.29, 0.717) is 6.54 Å². The van der Waals surface area contributed by atoms with Gasteiger partial charge < -0.3 is 5.73 Å². The monoisotopic (exact) mass is 261 g/mol. The van der Waals surface area contributed by atoms with E-state index in [-0.39, 0.29) is 30.4 Å². The SMILES string of the molecule is CC1C(=O)NC(=O)CN1C(CCN)c1ccccc1. The number of hydrogen-bond acceptors (Lipinski definition) is 4. The molecule has 2 unspecified atom stereocenters. The van der Waals surface area contributed by atoms with Crippen molar-refractivity contribution in [3.05, 3.63) is 35.9 Å². The average Bonchev–Trinajstić information content (AvgIpc) is 2.41. The third kappa shape index (κ3) is 3.00. The quantitative estimate of drug-likeness (QED) is 0.770. The van der Waals surface area contributed by atoms with E-state index in [9.17, 15) is 9.59 Å². The standard InChI is InChI=1S/C14H19N3O2/c1-10-14(19)16-13(18)9-17(10)12(7-8-15)11-5-3-2-4-6-11/h2-6,10,12H,7-9,15H2,1H3,(H,16,18,19). The summed E-state index contributed by atoms with van der Waals surface area (Å²) < 4.78 is 0. The molecule has 0 spiro atoms. The molecule has 0 aromatic heterocycles. The van der Waals surface area contributed by atoms with Gasteiger partial charge in [-0.3, -0.25) is 19.8 Å². The minimum absolute atomic E-state index is 0.00352. The summed E-state index contributed by atoms with van der Waals surface area (Å²) in [5.74, 6) is -0.491. The average molecular weight is 261 g/mol. The van der Waals surface area contributed by atoms with Gasteiger partial charge in [-0.05, 0) is 25.5 Å². The van der Waals surface area contributed by atoms with Crippen LogP contribution in [-0.4, -0.2) is 35.8 Å². The number of nitrogens with two attached hydrogens (primary N) is 1. The van der Waals surface area contributed by atoms with E-state index in [1.807, 2.05) is 42.2 Å². The zero-order chi connectivity index (χ0) is 13.8. The fourth-order valence-electron chi connectivity index (χ4n) is 2.47. The molecule has 5 heteroatoms. The Kier molecular flexibility index (Phi) is 4.29. The predicted octanol–water partition coefficient (Wildman–Crippen LogP) is 0.423. The third-order valence-electron chi connectivity index (χ3n) is 3.49. The Morgan fingerprint density at radius 1 is 1.37 bits per heavy atom. The lowest BCUT2D eigenvalue weighted by molar-refractivity contribution is -0.141. The molecule has 0 bridgehead atoms. The van der Waals surface area contributed by atoms with Crippen molar-refractivity contribution in [2.24, 2.45) is 5.73 Å². The van der Waals surface area contributed by atoms with Crippen LogP contribution in [0, 0.1) is 0 Å². The molecule has 1 aromatic rings. The summed E-state index contributed by atoms with van der Waals surface area (Å²) in [6.07, 6.45) is 0.717. The molecular weight excluding hydrogens is 242 g/mol. The predicted molar refractivity (Wildman–Crippen MR) is 72.2 cm³/mol. The largest absolute Gasteiger partial charge is 0.330 e. The Labute approximate surface area is 112 Å². The maximum absolute atomic E-state index is 11.8. The first-order valence-corrected chi connectivity index (χ1v) is 6.48. The van der Waals surface area contributed by atoms with Crippen LogP contribution < -0.4 is 11.1 Å². The minimum atomic E-state index is -0.325. The van der Waals surface area contributed by atoms with Crippen molar-refractivity contribution < 1.29 is 9.59 Å². The highest BCUT2D eigenvalue weighted by Crippen LogP contribution is 2.26. The highest BCUT2D eigenvalue weighted by Gasteiger charge is 2.35. The number of amides is 2. The molecule has 2 amide bonds. The summed E-state index contributed by atoms with van der Waals surface area (Å²) in [6, 6.07) is 9.53. The Bertz CT molecular complexity index is 461. The Hall–Kier alpha value is -1.72. The van der Waals surface area contributed by atoms with E-state index in [4.69, 9.17) is 5.73 Å². The zero-order valence-corrected chi connectivity index (χ0v) is 11.0. The molecule has 2 rings (SSSR count). The lowest BCUT2D eigenvalue weighted by Gasteiger charge is -2.38. The smallest absolute Gasteiger partial charge is 0.243 e. The second-order valence-electron chi connectivity index (χ2n) is 4.76. The molecule has 3 N–H and O–H groups in total. The van der Waals surface area contributed by atoms with Gasteiger partial charge in [0.15, 0.2) is 0 Å². The van der Waals surface area contributed by atoms with Gasteiger partial charge >= 0.3 is 0 Å². The minimum Gasteiger partial charge on any atom is -0.330 e. The summed E-state index contributed by atoms with van der Waals surface area (Å²) in [7, 11) is 0. The first-order chi connectivity index (χ1) is 9.13. The first kappa shape index (κ1) is 13.7. The van der Waals surface area contributed by atoms with Gasteiger partial charge in [-0.2, -0.15) is 0 Å². The number of rotatable bonds is 4. The summed E-state index contributed by atoms with van der Waals surface area (Å²) in [5.41, 5.74) is 6.76. The van der Waals surface area contributed by atoms with E-state index in [1.54, 1.807) is 0 Å². The van der Waals surface area contributed by atoms with Crippen LogP contribution in [-0.2, 0) is 9.59 Å². The van der Waals surface area contributed by atoms with Crippen LogP contribution in [0.25, 0.3) is 0 Å². The molecular formula is C14H19N3O2. The van der Waals surface area contributed by atoms with Crippen LogP contribution in [0.15, 0.2) is 30.3 Å². The van der Waals surface area contributed by atoms with E-state index in [1.165, 1.54) is 0 Å². The number of piperazine rings is 1. The summed E-state index contributed by atoms with van der Waals surface area (Å²) in [5, 5.41) is 2.36. The maximum atomic E-state index is 11.8. The second-order valence-corrected chi connectivity index (χ2v) is 4.76. The number of carbonyl (C=O) groups is 2. The summed E-state index contributed by atoms with van der Waals surface area (Å²) in [4.78, 5) is 25.2. The highest BCUT2D eigenvalue weighted by atomic mass is 16.2. The Morgan fingerprint density at radius 3 is 2.68 bits per heavy atom. The third-order valence-corrected chi connectivity index (χ3v) is 3.49. The van der Waals surface area contributed by atoms with Gasteiger partial charge in [0.25, 0.3) is 0 Å². The molecule has 0 aliphatic carbocycles. The molecule has 1 fully saturated rings. The molecule has 2 atom stereocenters. The van der Waals surface area contributed by atoms with Crippen LogP contribution in [0.5, 0.6) is 0 Å². The lowest BCUT2D eigenvalue weighted by atomic mass is 9.99. The fraction of sp³-hybridized carbons (Fsp3) is 0.429. The fourth-order valence-corrected chi connectivity index (χ4v) is 2.47. The maximum Gasteiger partial charge on any atom is 0.243 e. The molecule has 1 aliphatic rings. The molecule has 0 radical (unpaired) electrons. The number of nitrogens with zero attached hydrogens (tertiary/aromatic N) is 1. The number of nitrogens with one attached hydrogen (secondary N) is 1. The zero-order valence-electron chi connectivity index (χ0n) is 11.0. The van der Waals surface area contributed by atoms with Crippen molar-refractivity contribution in [3.63, 3.8) is 0 Å². The molecule has 1 saturated heterocycles. The van der Waals surface area contributed by atoms with E-state index in [0.717, 1.165) is 12.0 Å². The van der Waals surface area contributed by atoms with E-state index in [2.05, 4.69) is 5.32 Å². The van der Waals surface area contributed by atoms with Crippen LogP contribution in [0.2, 0.25) is 0 Å². The summed E-state index contributed by atoms with van der Waals surface area (Å²) in [6.45, 7) is 2.55. The first-order valence-electron chi connectivity index (χ1n) is 6.48. The topological polar surface area (TPSA) is 75.4 Å². The van der Waals surface area contributed by atoms with Gasteiger partial charge in [0.05, 0.1) is 12.6 Å². The number of benzene rings is 1. The van der Waals surface area contributed by atoms with Crippen molar-refractivity contribution in [2.75, 3.05) is 13.1 Å². The number of carbonyl (C=O) groups excluding carboxylic acids is 2. The molecule has 1 aliphatic heterocycles. The van der Waals surface area contributed by atoms with Gasteiger partial charge in [0.2, 0.25) is 11.8 Å². The normalized spacial score (nSPS) is 22.1. The van der Waals surface area contributed by atoms with Crippen LogP contribution in [0.1, 0.15) is 24.9 Å². The van der Waals surface area contributed by atoms with Crippen molar-refractivity contribution in [1.29, 1.82) is 0 Å². The van der Waals surface area contributed by atoms with E-state index < -0.39 is 0 Å². The van der Waals surface area contributed by atoms with Crippen LogP contribution >= 0.6 is 0 Å². The van der Waals surface area contributed by atoms with Gasteiger partial charge in [-0.25, -0.2) is 0 Å². The van der Waals surface area contributed by atoms with Crippen molar-refractivity contribution in [2.45, 2.75) is 25.4 Å². The Morgan fingerprint density at radius 2 is 2.05 bits per heavy atom. The molecule has 1 aromatic carbocycles.